The first-order valence-electron chi connectivity index (χ1n) is 5.74. The number of aliphatic carboxylic acids is 1. The van der Waals surface area contributed by atoms with E-state index in [1.54, 1.807) is 0 Å². The number of carbonyl (C=O) groups excluding carboxylic acids is 1. The molecule has 1 N–H and O–H groups in total. The zero-order valence-corrected chi connectivity index (χ0v) is 10.1. The molecular weight excluding hydrogens is 220 g/mol. The molecule has 0 aromatic rings. The monoisotopic (exact) mass is 240 g/mol. The summed E-state index contributed by atoms with van der Waals surface area (Å²) in [4.78, 5) is 20.0. The molecule has 1 saturated carbocycles. The van der Waals surface area contributed by atoms with Crippen molar-refractivity contribution in [2.45, 2.75) is 32.1 Å². The lowest BCUT2D eigenvalue weighted by atomic mass is 9.90. The minimum Gasteiger partial charge on any atom is -0.478 e. The van der Waals surface area contributed by atoms with Crippen molar-refractivity contribution < 1.29 is 19.4 Å². The molecule has 1 fully saturated rings. The Morgan fingerprint density at radius 3 is 2.12 bits per heavy atom. The van der Waals surface area contributed by atoms with Crippen LogP contribution in [0.1, 0.15) is 32.1 Å². The van der Waals surface area contributed by atoms with Gasteiger partial charge in [0.15, 0.2) is 0 Å². The van der Waals surface area contributed by atoms with Crippen molar-refractivity contribution >= 4 is 11.9 Å². The molecule has 0 saturated heterocycles. The number of carboxylic acids is 1. The van der Waals surface area contributed by atoms with Gasteiger partial charge >= 0.3 is 11.9 Å². The topological polar surface area (TPSA) is 63.6 Å². The molecular formula is C13H20O4. The largest absolute Gasteiger partial charge is 0.478 e. The third-order valence-electron chi connectivity index (χ3n) is 2.53. The summed E-state index contributed by atoms with van der Waals surface area (Å²) in [6, 6.07) is 0. The summed E-state index contributed by atoms with van der Waals surface area (Å²) in [7, 11) is 0. The average Bonchev–Trinajstić information content (AvgIpc) is 2.37. The fourth-order valence-corrected chi connectivity index (χ4v) is 1.61. The molecule has 0 aromatic carbocycles. The van der Waals surface area contributed by atoms with Gasteiger partial charge in [0.1, 0.15) is 0 Å². The Labute approximate surface area is 102 Å². The van der Waals surface area contributed by atoms with E-state index in [4.69, 9.17) is 9.84 Å². The van der Waals surface area contributed by atoms with Crippen molar-refractivity contribution in [2.24, 2.45) is 5.92 Å². The first-order valence-corrected chi connectivity index (χ1v) is 5.74. The van der Waals surface area contributed by atoms with Gasteiger partial charge in [0, 0.05) is 12.2 Å². The second-order valence-corrected chi connectivity index (χ2v) is 3.88. The molecule has 0 amide bonds. The zero-order valence-electron chi connectivity index (χ0n) is 10.1. The van der Waals surface area contributed by atoms with E-state index in [-0.39, 0.29) is 5.97 Å². The van der Waals surface area contributed by atoms with Gasteiger partial charge in [0.25, 0.3) is 0 Å². The maximum absolute atomic E-state index is 10.7. The van der Waals surface area contributed by atoms with Gasteiger partial charge < -0.3 is 9.84 Å². The minimum absolute atomic E-state index is 0.291. The van der Waals surface area contributed by atoms with E-state index in [0.29, 0.717) is 12.5 Å². The van der Waals surface area contributed by atoms with Gasteiger partial charge in [-0.3, -0.25) is 0 Å². The molecule has 0 spiro atoms. The van der Waals surface area contributed by atoms with E-state index in [1.807, 2.05) is 0 Å². The van der Waals surface area contributed by atoms with Crippen LogP contribution in [0, 0.1) is 5.92 Å². The number of ether oxygens (including phenoxy) is 1. The van der Waals surface area contributed by atoms with E-state index in [0.717, 1.165) is 6.08 Å². The highest BCUT2D eigenvalue weighted by atomic mass is 16.5. The molecule has 4 nitrogen and oxygen atoms in total. The summed E-state index contributed by atoms with van der Waals surface area (Å²) in [5, 5.41) is 7.60. The number of hydrogen-bond donors (Lipinski definition) is 1. The SMILES string of the molecule is C=CC(=O)O.C=CC(=O)OCC1CCCCC1. The molecule has 0 atom stereocenters. The molecule has 1 aliphatic rings. The highest BCUT2D eigenvalue weighted by Gasteiger charge is 2.14. The first-order chi connectivity index (χ1) is 8.10. The van der Waals surface area contributed by atoms with Crippen LogP contribution in [-0.4, -0.2) is 23.7 Å². The van der Waals surface area contributed by atoms with Gasteiger partial charge in [-0.1, -0.05) is 32.4 Å². The zero-order chi connectivity index (χ0) is 13.1. The number of hydrogen-bond acceptors (Lipinski definition) is 3. The van der Waals surface area contributed by atoms with E-state index in [9.17, 15) is 9.59 Å². The maximum atomic E-state index is 10.7. The van der Waals surface area contributed by atoms with Crippen LogP contribution in [0.25, 0.3) is 0 Å². The van der Waals surface area contributed by atoms with Gasteiger partial charge in [0.05, 0.1) is 6.61 Å². The number of carboxylic acid groups (broad SMARTS) is 1. The molecule has 0 heterocycles. The van der Waals surface area contributed by atoms with Crippen molar-refractivity contribution in [3.05, 3.63) is 25.3 Å². The smallest absolute Gasteiger partial charge is 0.330 e. The van der Waals surface area contributed by atoms with E-state index in [2.05, 4.69) is 13.2 Å². The summed E-state index contributed by atoms with van der Waals surface area (Å²) in [6.45, 7) is 6.90. The van der Waals surface area contributed by atoms with Crippen LogP contribution in [0.2, 0.25) is 0 Å². The molecule has 0 radical (unpaired) electrons. The first kappa shape index (κ1) is 15.4. The number of rotatable bonds is 4. The van der Waals surface area contributed by atoms with Crippen molar-refractivity contribution in [1.82, 2.24) is 0 Å². The quantitative estimate of drug-likeness (QED) is 0.606. The predicted octanol–water partition coefficient (Wildman–Crippen LogP) is 2.55. The Kier molecular flexibility index (Phi) is 8.74. The number of esters is 1. The fourth-order valence-electron chi connectivity index (χ4n) is 1.61. The molecule has 17 heavy (non-hydrogen) atoms. The van der Waals surface area contributed by atoms with Crippen molar-refractivity contribution in [1.29, 1.82) is 0 Å². The second-order valence-electron chi connectivity index (χ2n) is 3.88. The molecule has 0 unspecified atom stereocenters. The van der Waals surface area contributed by atoms with Crippen molar-refractivity contribution in [3.63, 3.8) is 0 Å². The van der Waals surface area contributed by atoms with E-state index in [1.165, 1.54) is 38.2 Å². The van der Waals surface area contributed by atoms with Gasteiger partial charge in [-0.05, 0) is 18.8 Å². The van der Waals surface area contributed by atoms with E-state index < -0.39 is 5.97 Å². The molecule has 96 valence electrons. The van der Waals surface area contributed by atoms with Crippen LogP contribution >= 0.6 is 0 Å². The van der Waals surface area contributed by atoms with Crippen molar-refractivity contribution in [3.8, 4) is 0 Å². The summed E-state index contributed by atoms with van der Waals surface area (Å²) in [5.41, 5.74) is 0. The standard InChI is InChI=1S/C10H16O2.C3H4O2/c1-2-10(11)12-8-9-6-4-3-5-7-9;1-2-3(4)5/h2,9H,1,3-8H2;2H,1H2,(H,4,5). The fraction of sp³-hybridized carbons (Fsp3) is 0.538. The van der Waals surface area contributed by atoms with Crippen LogP contribution in [0.4, 0.5) is 0 Å². The average molecular weight is 240 g/mol. The normalized spacial score (nSPS) is 15.1. The Morgan fingerprint density at radius 2 is 1.71 bits per heavy atom. The van der Waals surface area contributed by atoms with Crippen molar-refractivity contribution in [2.75, 3.05) is 6.61 Å². The van der Waals surface area contributed by atoms with Gasteiger partial charge in [0.2, 0.25) is 0 Å². The Morgan fingerprint density at radius 1 is 1.18 bits per heavy atom. The molecule has 1 aliphatic carbocycles. The summed E-state index contributed by atoms with van der Waals surface area (Å²) in [5.74, 6) is -0.673. The van der Waals surface area contributed by atoms with Gasteiger partial charge in [-0.2, -0.15) is 0 Å². The summed E-state index contributed by atoms with van der Waals surface area (Å²) in [6.07, 6.45) is 8.40. The molecule has 1 rings (SSSR count). The molecule has 0 aromatic heterocycles. The van der Waals surface area contributed by atoms with Crippen LogP contribution in [0.3, 0.4) is 0 Å². The molecule has 0 bridgehead atoms. The Bertz CT molecular complexity index is 265. The summed E-state index contributed by atoms with van der Waals surface area (Å²) >= 11 is 0. The van der Waals surface area contributed by atoms with Crippen LogP contribution in [0.15, 0.2) is 25.3 Å². The number of carbonyl (C=O) groups is 2. The maximum Gasteiger partial charge on any atom is 0.330 e. The van der Waals surface area contributed by atoms with Gasteiger partial charge in [-0.15, -0.1) is 0 Å². The van der Waals surface area contributed by atoms with Gasteiger partial charge in [-0.25, -0.2) is 9.59 Å². The third kappa shape index (κ3) is 9.35. The highest BCUT2D eigenvalue weighted by Crippen LogP contribution is 2.23. The second kappa shape index (κ2) is 9.63. The molecule has 4 heteroatoms. The Balaban J connectivity index is 0.000000437. The highest BCUT2D eigenvalue weighted by molar-refractivity contribution is 5.81. The van der Waals surface area contributed by atoms with E-state index >= 15 is 0 Å². The minimum atomic E-state index is -0.981. The third-order valence-corrected chi connectivity index (χ3v) is 2.53. The Hall–Kier alpha value is -1.58. The molecule has 0 aliphatic heterocycles. The van der Waals surface area contributed by atoms with Crippen LogP contribution in [0.5, 0.6) is 0 Å². The lowest BCUT2D eigenvalue weighted by Gasteiger charge is -2.20. The van der Waals surface area contributed by atoms with Crippen LogP contribution in [-0.2, 0) is 14.3 Å². The lowest BCUT2D eigenvalue weighted by Crippen LogP contribution is -2.15. The lowest BCUT2D eigenvalue weighted by molar-refractivity contribution is -0.139. The predicted molar refractivity (Wildman–Crippen MR) is 65.6 cm³/mol. The summed E-state index contributed by atoms with van der Waals surface area (Å²) < 4.78 is 4.97. The van der Waals surface area contributed by atoms with Crippen LogP contribution < -0.4 is 0 Å².